The van der Waals surface area contributed by atoms with Crippen molar-refractivity contribution in [1.82, 2.24) is 24.6 Å². The highest BCUT2D eigenvalue weighted by atomic mass is 35.5. The molecule has 5 rings (SSSR count). The van der Waals surface area contributed by atoms with Gasteiger partial charge in [0.25, 0.3) is 5.56 Å². The van der Waals surface area contributed by atoms with Crippen LogP contribution in [0.25, 0.3) is 16.9 Å². The first kappa shape index (κ1) is 24.0. The number of piperazine rings is 1. The number of imidazole rings is 1. The average molecular weight is 509 g/mol. The summed E-state index contributed by atoms with van der Waals surface area (Å²) >= 11 is 6.28. The van der Waals surface area contributed by atoms with E-state index in [2.05, 4.69) is 20.6 Å². The van der Waals surface area contributed by atoms with Crippen LogP contribution in [0.15, 0.2) is 59.7 Å². The van der Waals surface area contributed by atoms with Crippen molar-refractivity contribution in [3.05, 3.63) is 81.6 Å². The Morgan fingerprint density at radius 2 is 1.86 bits per heavy atom. The van der Waals surface area contributed by atoms with E-state index in [1.807, 2.05) is 43.0 Å². The first-order valence-electron chi connectivity index (χ1n) is 11.7. The number of rotatable bonds is 5. The van der Waals surface area contributed by atoms with Gasteiger partial charge in [0.1, 0.15) is 5.82 Å². The van der Waals surface area contributed by atoms with Gasteiger partial charge in [-0.25, -0.2) is 9.37 Å². The lowest BCUT2D eigenvalue weighted by molar-refractivity contribution is -0.136. The summed E-state index contributed by atoms with van der Waals surface area (Å²) in [6.07, 6.45) is 3.06. The molecule has 1 saturated heterocycles. The summed E-state index contributed by atoms with van der Waals surface area (Å²) in [7, 11) is 0. The van der Waals surface area contributed by atoms with E-state index in [0.717, 1.165) is 18.7 Å². The molecule has 1 amide bonds. The normalized spacial score (nSPS) is 14.3. The van der Waals surface area contributed by atoms with Crippen LogP contribution in [-0.2, 0) is 10.2 Å². The molecule has 0 radical (unpaired) electrons. The van der Waals surface area contributed by atoms with Crippen LogP contribution in [0.1, 0.15) is 19.4 Å². The predicted octanol–water partition coefficient (Wildman–Crippen LogP) is 3.94. The Balaban J connectivity index is 1.47. The van der Waals surface area contributed by atoms with E-state index in [0.29, 0.717) is 18.8 Å². The Morgan fingerprint density at radius 1 is 1.14 bits per heavy atom. The number of hydrogen-bond acceptors (Lipinski definition) is 5. The largest absolute Gasteiger partial charge is 0.339 e. The van der Waals surface area contributed by atoms with Gasteiger partial charge in [-0.15, -0.1) is 0 Å². The summed E-state index contributed by atoms with van der Waals surface area (Å²) in [4.78, 5) is 34.9. The fraction of sp³-hybridized carbons (Fsp3) is 0.269. The Labute approximate surface area is 212 Å². The molecule has 8 nitrogen and oxygen atoms in total. The van der Waals surface area contributed by atoms with Crippen LogP contribution in [0.5, 0.6) is 0 Å². The molecular weight excluding hydrogens is 483 g/mol. The zero-order chi connectivity index (χ0) is 25.4. The molecule has 0 atom stereocenters. The van der Waals surface area contributed by atoms with Crippen LogP contribution in [0.2, 0.25) is 5.02 Å². The molecule has 186 valence electrons. The molecule has 3 heterocycles. The number of carbonyl (C=O) groups excluding carboxylic acids is 1. The Bertz CT molecular complexity index is 1470. The van der Waals surface area contributed by atoms with E-state index >= 15 is 0 Å². The van der Waals surface area contributed by atoms with Gasteiger partial charge in [0.05, 0.1) is 16.0 Å². The first-order valence-corrected chi connectivity index (χ1v) is 12.1. The van der Waals surface area contributed by atoms with Crippen molar-refractivity contribution in [2.75, 3.05) is 31.5 Å². The van der Waals surface area contributed by atoms with Crippen molar-refractivity contribution >= 4 is 34.5 Å². The molecule has 3 N–H and O–H groups in total. The van der Waals surface area contributed by atoms with Crippen LogP contribution < -0.4 is 16.2 Å². The summed E-state index contributed by atoms with van der Waals surface area (Å²) in [5.74, 6) is 0.0147. The number of aromatic nitrogens is 3. The van der Waals surface area contributed by atoms with Gasteiger partial charge in [0.15, 0.2) is 17.2 Å². The molecule has 1 fully saturated rings. The van der Waals surface area contributed by atoms with Crippen LogP contribution >= 0.6 is 11.6 Å². The van der Waals surface area contributed by atoms with Gasteiger partial charge >= 0.3 is 0 Å². The molecule has 2 aromatic heterocycles. The molecule has 1 aliphatic rings. The molecular formula is C26H26ClFN6O2. The maximum absolute atomic E-state index is 14.7. The van der Waals surface area contributed by atoms with Gasteiger partial charge in [-0.2, -0.15) is 0 Å². The zero-order valence-electron chi connectivity index (χ0n) is 19.9. The third-order valence-corrected chi connectivity index (χ3v) is 6.87. The summed E-state index contributed by atoms with van der Waals surface area (Å²) < 4.78 is 16.2. The highest BCUT2D eigenvalue weighted by Gasteiger charge is 2.34. The molecule has 0 aliphatic carbocycles. The lowest BCUT2D eigenvalue weighted by Crippen LogP contribution is -2.51. The van der Waals surface area contributed by atoms with E-state index in [4.69, 9.17) is 11.6 Å². The molecule has 0 bridgehead atoms. The van der Waals surface area contributed by atoms with Crippen LogP contribution in [-0.4, -0.2) is 51.4 Å². The third kappa shape index (κ3) is 4.25. The topological polar surface area (TPSA) is 94.5 Å². The number of hydrogen-bond donors (Lipinski definition) is 3. The lowest BCUT2D eigenvalue weighted by Gasteiger charge is -2.35. The summed E-state index contributed by atoms with van der Waals surface area (Å²) in [5.41, 5.74) is 0.802. The number of nitrogens with zero attached hydrogens (tertiary/aromatic N) is 3. The average Bonchev–Trinajstić information content (AvgIpc) is 3.23. The summed E-state index contributed by atoms with van der Waals surface area (Å²) in [6.45, 7) is 6.82. The zero-order valence-corrected chi connectivity index (χ0v) is 20.7. The van der Waals surface area contributed by atoms with Crippen molar-refractivity contribution in [1.29, 1.82) is 0 Å². The van der Waals surface area contributed by atoms with E-state index in [-0.39, 0.29) is 39.2 Å². The van der Waals surface area contributed by atoms with Gasteiger partial charge < -0.3 is 20.5 Å². The maximum Gasteiger partial charge on any atom is 0.276 e. The Kier molecular flexibility index (Phi) is 6.27. The van der Waals surface area contributed by atoms with Crippen molar-refractivity contribution in [3.63, 3.8) is 0 Å². The van der Waals surface area contributed by atoms with Gasteiger partial charge in [0.2, 0.25) is 5.91 Å². The van der Waals surface area contributed by atoms with E-state index < -0.39 is 11.2 Å². The molecule has 2 aromatic carbocycles. The van der Waals surface area contributed by atoms with Crippen molar-refractivity contribution in [2.24, 2.45) is 0 Å². The monoisotopic (exact) mass is 508 g/mol. The Morgan fingerprint density at radius 3 is 2.56 bits per heavy atom. The second-order valence-electron chi connectivity index (χ2n) is 9.26. The van der Waals surface area contributed by atoms with E-state index in [1.54, 1.807) is 12.3 Å². The molecule has 36 heavy (non-hydrogen) atoms. The number of anilines is 2. The van der Waals surface area contributed by atoms with Crippen LogP contribution in [0.4, 0.5) is 15.9 Å². The van der Waals surface area contributed by atoms with Gasteiger partial charge in [-0.3, -0.25) is 14.0 Å². The number of H-pyrrole nitrogens is 1. The minimum absolute atomic E-state index is 0.0859. The van der Waals surface area contributed by atoms with Crippen LogP contribution in [0.3, 0.4) is 0 Å². The van der Waals surface area contributed by atoms with E-state index in [9.17, 15) is 14.0 Å². The maximum atomic E-state index is 14.7. The number of fused-ring (bicyclic) bond motifs is 1. The molecule has 0 unspecified atom stereocenters. The van der Waals surface area contributed by atoms with Crippen molar-refractivity contribution in [3.8, 4) is 11.4 Å². The number of benzene rings is 2. The van der Waals surface area contributed by atoms with Gasteiger partial charge in [0, 0.05) is 44.3 Å². The fourth-order valence-electron chi connectivity index (χ4n) is 4.52. The molecule has 0 spiro atoms. The number of nitrogens with one attached hydrogen (secondary N) is 3. The second kappa shape index (κ2) is 9.40. The highest BCUT2D eigenvalue weighted by molar-refractivity contribution is 6.33. The smallest absolute Gasteiger partial charge is 0.276 e. The number of halogens is 2. The first-order chi connectivity index (χ1) is 17.3. The van der Waals surface area contributed by atoms with Crippen LogP contribution in [0, 0.1) is 5.82 Å². The quantitative estimate of drug-likeness (QED) is 0.380. The Hall–Kier alpha value is -3.69. The minimum Gasteiger partial charge on any atom is -0.339 e. The molecule has 1 aliphatic heterocycles. The number of carbonyl (C=O) groups is 1. The molecule has 0 saturated carbocycles. The van der Waals surface area contributed by atoms with Crippen molar-refractivity contribution in [2.45, 2.75) is 19.3 Å². The second-order valence-corrected chi connectivity index (χ2v) is 9.67. The van der Waals surface area contributed by atoms with E-state index in [1.165, 1.54) is 22.7 Å². The fourth-order valence-corrected chi connectivity index (χ4v) is 4.77. The third-order valence-electron chi connectivity index (χ3n) is 6.56. The van der Waals surface area contributed by atoms with Crippen molar-refractivity contribution < 1.29 is 9.18 Å². The summed E-state index contributed by atoms with van der Waals surface area (Å²) in [6, 6.07) is 11.8. The van der Waals surface area contributed by atoms with Gasteiger partial charge in [-0.1, -0.05) is 29.8 Å². The number of amides is 1. The SMILES string of the molecule is CC(C)(C(=O)N1CCNCC1)c1ccc(Nc2nc(-c3c(F)cccc3Cl)n3cc[nH]c(=O)c23)cc1. The highest BCUT2D eigenvalue weighted by Crippen LogP contribution is 2.33. The molecule has 4 aromatic rings. The standard InChI is InChI=1S/C26H26ClFN6O2/c1-26(2,25(36)33-13-10-29-11-14-33)16-6-8-17(9-7-16)31-22-21-24(35)30-12-15-34(21)23(32-22)20-18(27)4-3-5-19(20)28/h3-9,12,15,29,31H,10-11,13-14H2,1-2H3,(H,30,35). The predicted molar refractivity (Wildman–Crippen MR) is 138 cm³/mol. The molecule has 10 heteroatoms. The number of aromatic amines is 1. The lowest BCUT2D eigenvalue weighted by atomic mass is 9.83. The summed E-state index contributed by atoms with van der Waals surface area (Å²) in [5, 5.41) is 6.62. The van der Waals surface area contributed by atoms with Gasteiger partial charge in [-0.05, 0) is 43.7 Å². The minimum atomic E-state index is -0.692.